The van der Waals surface area contributed by atoms with Gasteiger partial charge >= 0.3 is 0 Å². The van der Waals surface area contributed by atoms with Gasteiger partial charge in [0.1, 0.15) is 6.54 Å². The molecule has 7 heteroatoms. The van der Waals surface area contributed by atoms with E-state index in [-0.39, 0.29) is 0 Å². The van der Waals surface area contributed by atoms with Gasteiger partial charge < -0.3 is 9.63 Å². The van der Waals surface area contributed by atoms with Crippen LogP contribution in [0.25, 0.3) is 0 Å². The fourth-order valence-corrected chi connectivity index (χ4v) is 1.11. The first-order valence-electron chi connectivity index (χ1n) is 4.09. The van der Waals surface area contributed by atoms with E-state index in [1.54, 1.807) is 6.92 Å². The lowest BCUT2D eigenvalue weighted by Gasteiger charge is -2.04. The lowest BCUT2D eigenvalue weighted by molar-refractivity contribution is 0.187. The monoisotopic (exact) mass is 195 g/mol. The smallest absolute Gasteiger partial charge is 0.213 e. The molecule has 2 aromatic heterocycles. The Hall–Kier alpha value is -1.76. The number of hydrogen-bond donors (Lipinski definition) is 1. The van der Waals surface area contributed by atoms with Crippen LogP contribution in [0.1, 0.15) is 24.5 Å². The first-order valence-corrected chi connectivity index (χ1v) is 4.09. The fraction of sp³-hybridized carbons (Fsp3) is 0.429. The molecule has 0 aliphatic rings. The highest BCUT2D eigenvalue weighted by Gasteiger charge is 2.11. The fourth-order valence-electron chi connectivity index (χ4n) is 1.11. The van der Waals surface area contributed by atoms with Crippen molar-refractivity contribution in [3.05, 3.63) is 24.1 Å². The minimum absolute atomic E-state index is 0.344. The quantitative estimate of drug-likeness (QED) is 0.727. The Morgan fingerprint density at radius 2 is 2.50 bits per heavy atom. The number of aliphatic hydroxyl groups is 1. The summed E-state index contributed by atoms with van der Waals surface area (Å²) in [7, 11) is 0. The molecule has 2 rings (SSSR count). The molecule has 2 aromatic rings. The highest BCUT2D eigenvalue weighted by atomic mass is 16.5. The van der Waals surface area contributed by atoms with Crippen molar-refractivity contribution >= 4 is 0 Å². The van der Waals surface area contributed by atoms with Gasteiger partial charge in [0, 0.05) is 0 Å². The minimum atomic E-state index is -0.614. The number of hydrogen-bond acceptors (Lipinski definition) is 6. The molecule has 0 spiro atoms. The summed E-state index contributed by atoms with van der Waals surface area (Å²) >= 11 is 0. The lowest BCUT2D eigenvalue weighted by Crippen LogP contribution is -2.09. The minimum Gasteiger partial charge on any atom is -0.387 e. The van der Waals surface area contributed by atoms with Crippen LogP contribution in [0.5, 0.6) is 0 Å². The third kappa shape index (κ3) is 1.62. The topological polar surface area (TPSA) is 89.9 Å². The summed E-state index contributed by atoms with van der Waals surface area (Å²) in [6, 6.07) is 0. The lowest BCUT2D eigenvalue weighted by atomic mass is 10.3. The van der Waals surface area contributed by atoms with E-state index in [0.717, 1.165) is 0 Å². The highest BCUT2D eigenvalue weighted by molar-refractivity contribution is 4.99. The molecule has 74 valence electrons. The van der Waals surface area contributed by atoms with Crippen LogP contribution in [-0.4, -0.2) is 30.2 Å². The van der Waals surface area contributed by atoms with E-state index >= 15 is 0 Å². The van der Waals surface area contributed by atoms with Gasteiger partial charge in [0.05, 0.1) is 18.0 Å². The molecule has 0 aliphatic carbocycles. The molecule has 1 unspecified atom stereocenters. The molecule has 0 radical (unpaired) electrons. The molecule has 0 saturated heterocycles. The van der Waals surface area contributed by atoms with Crippen molar-refractivity contribution in [3.8, 4) is 0 Å². The second-order valence-electron chi connectivity index (χ2n) is 2.84. The molecule has 0 amide bonds. The van der Waals surface area contributed by atoms with Crippen LogP contribution in [0.2, 0.25) is 0 Å². The van der Waals surface area contributed by atoms with Crippen LogP contribution in [-0.2, 0) is 6.54 Å². The van der Waals surface area contributed by atoms with Crippen LogP contribution in [0, 0.1) is 0 Å². The Labute approximate surface area is 79.4 Å². The Bertz CT molecular complexity index is 394. The molecule has 0 aromatic carbocycles. The van der Waals surface area contributed by atoms with Crippen molar-refractivity contribution in [2.75, 3.05) is 0 Å². The number of rotatable bonds is 3. The van der Waals surface area contributed by atoms with E-state index < -0.39 is 6.10 Å². The molecule has 1 N–H and O–H groups in total. The van der Waals surface area contributed by atoms with Gasteiger partial charge in [0.2, 0.25) is 6.39 Å². The van der Waals surface area contributed by atoms with Crippen molar-refractivity contribution in [2.24, 2.45) is 0 Å². The summed E-state index contributed by atoms with van der Waals surface area (Å²) in [6.45, 7) is 1.99. The van der Waals surface area contributed by atoms with E-state index in [1.165, 1.54) is 17.3 Å². The summed E-state index contributed by atoms with van der Waals surface area (Å²) in [5.74, 6) is 0.498. The SMILES string of the molecule is CC(O)c1cnnn1Cc1ncon1. The maximum absolute atomic E-state index is 9.36. The maximum Gasteiger partial charge on any atom is 0.213 e. The van der Waals surface area contributed by atoms with E-state index in [4.69, 9.17) is 0 Å². The molecular weight excluding hydrogens is 186 g/mol. The van der Waals surface area contributed by atoms with Gasteiger partial charge in [-0.1, -0.05) is 10.4 Å². The zero-order valence-corrected chi connectivity index (χ0v) is 7.53. The van der Waals surface area contributed by atoms with Crippen LogP contribution < -0.4 is 0 Å². The number of nitrogens with zero attached hydrogens (tertiary/aromatic N) is 5. The molecular formula is C7H9N5O2. The second-order valence-corrected chi connectivity index (χ2v) is 2.84. The first kappa shape index (κ1) is 8.82. The van der Waals surface area contributed by atoms with E-state index in [9.17, 15) is 5.11 Å². The third-order valence-electron chi connectivity index (χ3n) is 1.77. The van der Waals surface area contributed by atoms with E-state index in [1.807, 2.05) is 0 Å². The van der Waals surface area contributed by atoms with Gasteiger partial charge in [-0.05, 0) is 6.92 Å². The van der Waals surface area contributed by atoms with Crippen molar-refractivity contribution < 1.29 is 9.63 Å². The Morgan fingerprint density at radius 1 is 1.64 bits per heavy atom. The number of aliphatic hydroxyl groups excluding tert-OH is 1. The largest absolute Gasteiger partial charge is 0.387 e. The average molecular weight is 195 g/mol. The summed E-state index contributed by atoms with van der Waals surface area (Å²) in [5.41, 5.74) is 0.620. The van der Waals surface area contributed by atoms with Crippen molar-refractivity contribution in [2.45, 2.75) is 19.6 Å². The van der Waals surface area contributed by atoms with Crippen LogP contribution >= 0.6 is 0 Å². The molecule has 0 fully saturated rings. The second kappa shape index (κ2) is 3.54. The summed E-state index contributed by atoms with van der Waals surface area (Å²) in [6.07, 6.45) is 2.14. The normalized spacial score (nSPS) is 13.0. The van der Waals surface area contributed by atoms with Gasteiger partial charge in [0.15, 0.2) is 5.82 Å². The predicted octanol–water partition coefficient (Wildman–Crippen LogP) is -0.237. The van der Waals surface area contributed by atoms with Crippen molar-refractivity contribution in [3.63, 3.8) is 0 Å². The summed E-state index contributed by atoms with van der Waals surface area (Å²) in [5, 5.41) is 20.5. The summed E-state index contributed by atoms with van der Waals surface area (Å²) in [4.78, 5) is 3.84. The van der Waals surface area contributed by atoms with Gasteiger partial charge in [-0.3, -0.25) is 0 Å². The van der Waals surface area contributed by atoms with E-state index in [2.05, 4.69) is 25.0 Å². The highest BCUT2D eigenvalue weighted by Crippen LogP contribution is 2.09. The molecule has 0 aliphatic heterocycles. The van der Waals surface area contributed by atoms with Crippen molar-refractivity contribution in [1.82, 2.24) is 25.1 Å². The van der Waals surface area contributed by atoms with Crippen molar-refractivity contribution in [1.29, 1.82) is 0 Å². The van der Waals surface area contributed by atoms with Gasteiger partial charge in [0.25, 0.3) is 0 Å². The summed E-state index contributed by atoms with van der Waals surface area (Å²) < 4.78 is 6.10. The predicted molar refractivity (Wildman–Crippen MR) is 44.1 cm³/mol. The van der Waals surface area contributed by atoms with E-state index in [0.29, 0.717) is 18.1 Å². The van der Waals surface area contributed by atoms with Gasteiger partial charge in [-0.2, -0.15) is 4.98 Å². The molecule has 14 heavy (non-hydrogen) atoms. The molecule has 0 saturated carbocycles. The molecule has 1 atom stereocenters. The molecule has 2 heterocycles. The zero-order valence-electron chi connectivity index (χ0n) is 7.53. The third-order valence-corrected chi connectivity index (χ3v) is 1.77. The Kier molecular flexibility index (Phi) is 2.23. The maximum atomic E-state index is 9.36. The number of aromatic nitrogens is 5. The zero-order chi connectivity index (χ0) is 9.97. The average Bonchev–Trinajstić information content (AvgIpc) is 2.75. The van der Waals surface area contributed by atoms with Gasteiger partial charge in [-0.15, -0.1) is 5.10 Å². The standard InChI is InChI=1S/C7H9N5O2/c1-5(13)6-2-9-11-12(6)3-7-8-4-14-10-7/h2,4-5,13H,3H2,1H3. The van der Waals surface area contributed by atoms with Gasteiger partial charge in [-0.25, -0.2) is 4.68 Å². The van der Waals surface area contributed by atoms with Crippen LogP contribution in [0.15, 0.2) is 17.1 Å². The van der Waals surface area contributed by atoms with Crippen LogP contribution in [0.4, 0.5) is 0 Å². The molecule has 7 nitrogen and oxygen atoms in total. The van der Waals surface area contributed by atoms with Crippen LogP contribution in [0.3, 0.4) is 0 Å². The Balaban J connectivity index is 2.21. The Morgan fingerprint density at radius 3 is 3.14 bits per heavy atom. The first-order chi connectivity index (χ1) is 6.77. The molecule has 0 bridgehead atoms.